The summed E-state index contributed by atoms with van der Waals surface area (Å²) in [4.78, 5) is 20.2. The standard InChI is InChI=1S/C13H17N3O2/c1-3-6-16(9(2)13(17)18)10-4-5-11-12(7-10)15-8-14-11/h4-5,7-9H,3,6H2,1-2H3,(H,14,15)(H,17,18)/t9-/m0/s1. The second-order valence-electron chi connectivity index (χ2n) is 4.31. The van der Waals surface area contributed by atoms with Crippen LogP contribution in [-0.4, -0.2) is 33.6 Å². The maximum absolute atomic E-state index is 11.1. The zero-order valence-corrected chi connectivity index (χ0v) is 10.6. The van der Waals surface area contributed by atoms with Gasteiger partial charge in [-0.3, -0.25) is 0 Å². The summed E-state index contributed by atoms with van der Waals surface area (Å²) in [5, 5.41) is 9.15. The van der Waals surface area contributed by atoms with E-state index in [4.69, 9.17) is 5.11 Å². The second-order valence-corrected chi connectivity index (χ2v) is 4.31. The molecule has 96 valence electrons. The zero-order valence-electron chi connectivity index (χ0n) is 10.6. The molecule has 2 aromatic rings. The van der Waals surface area contributed by atoms with Gasteiger partial charge >= 0.3 is 5.97 Å². The van der Waals surface area contributed by atoms with Crippen LogP contribution in [0.2, 0.25) is 0 Å². The molecule has 0 spiro atoms. The monoisotopic (exact) mass is 247 g/mol. The van der Waals surface area contributed by atoms with Crippen molar-refractivity contribution in [3.8, 4) is 0 Å². The number of H-pyrrole nitrogens is 1. The quantitative estimate of drug-likeness (QED) is 0.850. The Hall–Kier alpha value is -2.04. The molecule has 0 fully saturated rings. The number of rotatable bonds is 5. The van der Waals surface area contributed by atoms with Crippen LogP contribution in [0.3, 0.4) is 0 Å². The summed E-state index contributed by atoms with van der Waals surface area (Å²) in [5.41, 5.74) is 2.72. The largest absolute Gasteiger partial charge is 0.480 e. The molecule has 1 aromatic carbocycles. The predicted molar refractivity (Wildman–Crippen MR) is 70.8 cm³/mol. The third-order valence-electron chi connectivity index (χ3n) is 3.02. The number of fused-ring (bicyclic) bond motifs is 1. The first-order valence-electron chi connectivity index (χ1n) is 6.06. The van der Waals surface area contributed by atoms with Crippen LogP contribution < -0.4 is 4.90 Å². The van der Waals surface area contributed by atoms with Crippen molar-refractivity contribution >= 4 is 22.7 Å². The van der Waals surface area contributed by atoms with Gasteiger partial charge in [0.1, 0.15) is 6.04 Å². The van der Waals surface area contributed by atoms with Gasteiger partial charge in [0, 0.05) is 12.2 Å². The maximum Gasteiger partial charge on any atom is 0.326 e. The molecular weight excluding hydrogens is 230 g/mol. The van der Waals surface area contributed by atoms with E-state index in [2.05, 4.69) is 9.97 Å². The fourth-order valence-corrected chi connectivity index (χ4v) is 2.02. The highest BCUT2D eigenvalue weighted by atomic mass is 16.4. The summed E-state index contributed by atoms with van der Waals surface area (Å²) in [6.45, 7) is 4.46. The number of nitrogens with zero attached hydrogens (tertiary/aromatic N) is 2. The summed E-state index contributed by atoms with van der Waals surface area (Å²) < 4.78 is 0. The molecule has 1 aromatic heterocycles. The van der Waals surface area contributed by atoms with Crippen LogP contribution in [0, 0.1) is 0 Å². The molecule has 0 saturated carbocycles. The highest BCUT2D eigenvalue weighted by Crippen LogP contribution is 2.22. The van der Waals surface area contributed by atoms with Gasteiger partial charge in [0.2, 0.25) is 0 Å². The normalized spacial score (nSPS) is 12.6. The van der Waals surface area contributed by atoms with Crippen LogP contribution in [-0.2, 0) is 4.79 Å². The van der Waals surface area contributed by atoms with Crippen LogP contribution in [0.1, 0.15) is 20.3 Å². The lowest BCUT2D eigenvalue weighted by molar-refractivity contribution is -0.138. The Morgan fingerprint density at radius 3 is 3.00 bits per heavy atom. The lowest BCUT2D eigenvalue weighted by atomic mass is 10.2. The third-order valence-corrected chi connectivity index (χ3v) is 3.02. The molecule has 0 radical (unpaired) electrons. The highest BCUT2D eigenvalue weighted by Gasteiger charge is 2.20. The van der Waals surface area contributed by atoms with E-state index in [0.717, 1.165) is 23.1 Å². The van der Waals surface area contributed by atoms with Gasteiger partial charge < -0.3 is 15.0 Å². The Morgan fingerprint density at radius 2 is 2.33 bits per heavy atom. The predicted octanol–water partition coefficient (Wildman–Crippen LogP) is 2.25. The molecular formula is C13H17N3O2. The van der Waals surface area contributed by atoms with Crippen LogP contribution >= 0.6 is 0 Å². The van der Waals surface area contributed by atoms with Crippen molar-refractivity contribution in [1.29, 1.82) is 0 Å². The van der Waals surface area contributed by atoms with E-state index in [9.17, 15) is 4.79 Å². The molecule has 2 rings (SSSR count). The third kappa shape index (κ3) is 2.30. The highest BCUT2D eigenvalue weighted by molar-refractivity contribution is 5.82. The van der Waals surface area contributed by atoms with Crippen LogP contribution in [0.25, 0.3) is 11.0 Å². The van der Waals surface area contributed by atoms with Gasteiger partial charge in [-0.2, -0.15) is 0 Å². The van der Waals surface area contributed by atoms with Crippen molar-refractivity contribution < 1.29 is 9.90 Å². The Labute approximate surface area is 105 Å². The number of imidazole rings is 1. The first kappa shape index (κ1) is 12.4. The zero-order chi connectivity index (χ0) is 13.1. The van der Waals surface area contributed by atoms with E-state index in [0.29, 0.717) is 6.54 Å². The Kier molecular flexibility index (Phi) is 3.50. The molecule has 0 aliphatic carbocycles. The van der Waals surface area contributed by atoms with Gasteiger partial charge in [-0.1, -0.05) is 6.92 Å². The number of aromatic amines is 1. The fourth-order valence-electron chi connectivity index (χ4n) is 2.02. The molecule has 2 N–H and O–H groups in total. The number of aliphatic carboxylic acids is 1. The van der Waals surface area contributed by atoms with Gasteiger partial charge in [0.25, 0.3) is 0 Å². The number of hydrogen-bond donors (Lipinski definition) is 2. The number of nitrogens with one attached hydrogen (secondary N) is 1. The van der Waals surface area contributed by atoms with Crippen molar-refractivity contribution in [3.63, 3.8) is 0 Å². The van der Waals surface area contributed by atoms with Crippen LogP contribution in [0.4, 0.5) is 5.69 Å². The van der Waals surface area contributed by atoms with Crippen molar-refractivity contribution in [2.75, 3.05) is 11.4 Å². The van der Waals surface area contributed by atoms with E-state index < -0.39 is 12.0 Å². The molecule has 0 aliphatic rings. The molecule has 1 atom stereocenters. The molecule has 18 heavy (non-hydrogen) atoms. The number of carbonyl (C=O) groups is 1. The number of aromatic nitrogens is 2. The summed E-state index contributed by atoms with van der Waals surface area (Å²) in [5.74, 6) is -0.812. The fraction of sp³-hybridized carbons (Fsp3) is 0.385. The SMILES string of the molecule is CCCN(c1ccc2nc[nH]c2c1)[C@@H](C)C(=O)O. The first-order valence-corrected chi connectivity index (χ1v) is 6.06. The lowest BCUT2D eigenvalue weighted by Gasteiger charge is -2.28. The van der Waals surface area contributed by atoms with E-state index in [1.165, 1.54) is 0 Å². The van der Waals surface area contributed by atoms with Gasteiger partial charge in [0.15, 0.2) is 0 Å². The smallest absolute Gasteiger partial charge is 0.326 e. The van der Waals surface area contributed by atoms with Crippen molar-refractivity contribution in [3.05, 3.63) is 24.5 Å². The molecule has 0 aliphatic heterocycles. The van der Waals surface area contributed by atoms with Gasteiger partial charge in [0.05, 0.1) is 17.4 Å². The first-order chi connectivity index (χ1) is 8.63. The summed E-state index contributed by atoms with van der Waals surface area (Å²) >= 11 is 0. The number of carboxylic acids is 1. The summed E-state index contributed by atoms with van der Waals surface area (Å²) in [7, 11) is 0. The molecule has 5 nitrogen and oxygen atoms in total. The van der Waals surface area contributed by atoms with E-state index >= 15 is 0 Å². The number of benzene rings is 1. The van der Waals surface area contributed by atoms with Gasteiger partial charge in [-0.25, -0.2) is 9.78 Å². The number of carboxylic acid groups (broad SMARTS) is 1. The minimum Gasteiger partial charge on any atom is -0.480 e. The lowest BCUT2D eigenvalue weighted by Crippen LogP contribution is -2.39. The summed E-state index contributed by atoms with van der Waals surface area (Å²) in [6, 6.07) is 5.22. The van der Waals surface area contributed by atoms with Crippen molar-refractivity contribution in [2.45, 2.75) is 26.3 Å². The topological polar surface area (TPSA) is 69.2 Å². The van der Waals surface area contributed by atoms with Crippen LogP contribution in [0.15, 0.2) is 24.5 Å². The average molecular weight is 247 g/mol. The molecule has 0 unspecified atom stereocenters. The molecule has 5 heteroatoms. The van der Waals surface area contributed by atoms with Gasteiger partial charge in [-0.15, -0.1) is 0 Å². The minimum absolute atomic E-state index is 0.537. The van der Waals surface area contributed by atoms with E-state index in [1.54, 1.807) is 13.3 Å². The Balaban J connectivity index is 2.37. The molecule has 0 amide bonds. The average Bonchev–Trinajstić information content (AvgIpc) is 2.82. The Bertz CT molecular complexity index is 550. The maximum atomic E-state index is 11.1. The summed E-state index contributed by atoms with van der Waals surface area (Å²) in [6.07, 6.45) is 2.54. The molecule has 0 bridgehead atoms. The van der Waals surface area contributed by atoms with Crippen molar-refractivity contribution in [1.82, 2.24) is 9.97 Å². The second kappa shape index (κ2) is 5.08. The van der Waals surface area contributed by atoms with E-state index in [1.807, 2.05) is 30.0 Å². The molecule has 1 heterocycles. The van der Waals surface area contributed by atoms with E-state index in [-0.39, 0.29) is 0 Å². The van der Waals surface area contributed by atoms with Crippen LogP contribution in [0.5, 0.6) is 0 Å². The number of anilines is 1. The van der Waals surface area contributed by atoms with Gasteiger partial charge in [-0.05, 0) is 31.5 Å². The van der Waals surface area contributed by atoms with Crippen molar-refractivity contribution in [2.24, 2.45) is 0 Å². The Morgan fingerprint density at radius 1 is 1.56 bits per heavy atom. The molecule has 0 saturated heterocycles. The number of hydrogen-bond acceptors (Lipinski definition) is 3. The minimum atomic E-state index is -0.812.